The fraction of sp³-hybridized carbons (Fsp3) is 0.357. The Kier molecular flexibility index (Phi) is 3.18. The lowest BCUT2D eigenvalue weighted by Gasteiger charge is -2.12. The molecule has 0 amide bonds. The number of hydrogen-bond donors (Lipinski definition) is 1. The molecule has 2 aromatic rings. The molecule has 88 valence electrons. The molecule has 1 aliphatic heterocycles. The van der Waals surface area contributed by atoms with Gasteiger partial charge in [-0.25, -0.2) is 0 Å². The first kappa shape index (κ1) is 10.9. The molecule has 3 heteroatoms. The van der Waals surface area contributed by atoms with E-state index >= 15 is 0 Å². The van der Waals surface area contributed by atoms with Gasteiger partial charge >= 0.3 is 0 Å². The number of benzene rings is 1. The maximum Gasteiger partial charge on any atom is 0.0722 e. The smallest absolute Gasteiger partial charge is 0.0722 e. The molecular formula is C14H16N2S. The summed E-state index contributed by atoms with van der Waals surface area (Å²) in [5, 5.41) is 5.57. The summed E-state index contributed by atoms with van der Waals surface area (Å²) in [6, 6.07) is 10.4. The summed E-state index contributed by atoms with van der Waals surface area (Å²) in [6.07, 6.45) is 4.60. The zero-order valence-corrected chi connectivity index (χ0v) is 10.5. The van der Waals surface area contributed by atoms with Crippen LogP contribution in [0, 0.1) is 0 Å². The predicted octanol–water partition coefficient (Wildman–Crippen LogP) is 3.54. The van der Waals surface area contributed by atoms with Crippen molar-refractivity contribution in [2.45, 2.75) is 18.1 Å². The molecule has 0 bridgehead atoms. The van der Waals surface area contributed by atoms with Gasteiger partial charge in [0.15, 0.2) is 0 Å². The van der Waals surface area contributed by atoms with Gasteiger partial charge in [-0.1, -0.05) is 18.2 Å². The highest BCUT2D eigenvalue weighted by atomic mass is 32.2. The molecule has 0 aliphatic carbocycles. The lowest BCUT2D eigenvalue weighted by Crippen LogP contribution is -2.13. The third-order valence-electron chi connectivity index (χ3n) is 3.19. The van der Waals surface area contributed by atoms with Crippen LogP contribution < -0.4 is 5.32 Å². The molecule has 1 fully saturated rings. The molecule has 17 heavy (non-hydrogen) atoms. The maximum atomic E-state index is 4.38. The van der Waals surface area contributed by atoms with Crippen molar-refractivity contribution in [2.24, 2.45) is 0 Å². The number of pyridine rings is 1. The van der Waals surface area contributed by atoms with E-state index in [1.807, 2.05) is 12.3 Å². The zero-order chi connectivity index (χ0) is 11.5. The van der Waals surface area contributed by atoms with Crippen LogP contribution in [-0.2, 0) is 0 Å². The Bertz CT molecular complexity index is 501. The summed E-state index contributed by atoms with van der Waals surface area (Å²) >= 11 is 2.09. The van der Waals surface area contributed by atoms with Crippen molar-refractivity contribution in [1.82, 2.24) is 4.98 Å². The Morgan fingerprint density at radius 3 is 3.12 bits per heavy atom. The third-order valence-corrected chi connectivity index (χ3v) is 4.59. The SMILES string of the molecule is c1ccc2c(NCC3CCCS3)ccnc2c1. The lowest BCUT2D eigenvalue weighted by atomic mass is 10.2. The van der Waals surface area contributed by atoms with Crippen molar-refractivity contribution in [1.29, 1.82) is 0 Å². The molecule has 1 unspecified atom stereocenters. The highest BCUT2D eigenvalue weighted by Gasteiger charge is 2.15. The van der Waals surface area contributed by atoms with E-state index in [0.717, 1.165) is 17.3 Å². The predicted molar refractivity (Wildman–Crippen MR) is 75.7 cm³/mol. The first-order valence-electron chi connectivity index (χ1n) is 6.13. The number of para-hydroxylation sites is 1. The van der Waals surface area contributed by atoms with Crippen LogP contribution in [0.2, 0.25) is 0 Å². The van der Waals surface area contributed by atoms with Gasteiger partial charge in [0.25, 0.3) is 0 Å². The summed E-state index contributed by atoms with van der Waals surface area (Å²) in [7, 11) is 0. The number of aromatic nitrogens is 1. The Morgan fingerprint density at radius 1 is 1.29 bits per heavy atom. The second-order valence-corrected chi connectivity index (χ2v) is 5.80. The number of thioether (sulfide) groups is 1. The van der Waals surface area contributed by atoms with Crippen molar-refractivity contribution in [3.63, 3.8) is 0 Å². The molecule has 1 saturated heterocycles. The van der Waals surface area contributed by atoms with E-state index in [1.54, 1.807) is 0 Å². The van der Waals surface area contributed by atoms with Crippen molar-refractivity contribution in [3.05, 3.63) is 36.5 Å². The fourth-order valence-corrected chi connectivity index (χ4v) is 3.48. The minimum absolute atomic E-state index is 0.780. The van der Waals surface area contributed by atoms with E-state index in [0.29, 0.717) is 0 Å². The maximum absolute atomic E-state index is 4.38. The number of hydrogen-bond acceptors (Lipinski definition) is 3. The van der Waals surface area contributed by atoms with Gasteiger partial charge in [0.1, 0.15) is 0 Å². The van der Waals surface area contributed by atoms with Crippen LogP contribution in [0.5, 0.6) is 0 Å². The van der Waals surface area contributed by atoms with Crippen LogP contribution >= 0.6 is 11.8 Å². The van der Waals surface area contributed by atoms with E-state index in [9.17, 15) is 0 Å². The average Bonchev–Trinajstić information content (AvgIpc) is 2.89. The van der Waals surface area contributed by atoms with Crippen LogP contribution in [0.15, 0.2) is 36.5 Å². The van der Waals surface area contributed by atoms with Gasteiger partial charge in [-0.2, -0.15) is 11.8 Å². The Balaban J connectivity index is 1.79. The summed E-state index contributed by atoms with van der Waals surface area (Å²) in [5.74, 6) is 1.32. The molecule has 1 N–H and O–H groups in total. The molecule has 3 rings (SSSR count). The van der Waals surface area contributed by atoms with Crippen LogP contribution in [0.4, 0.5) is 5.69 Å². The number of anilines is 1. The van der Waals surface area contributed by atoms with E-state index in [2.05, 4.69) is 46.3 Å². The van der Waals surface area contributed by atoms with E-state index < -0.39 is 0 Å². The van der Waals surface area contributed by atoms with Crippen LogP contribution in [0.25, 0.3) is 10.9 Å². The second-order valence-electron chi connectivity index (χ2n) is 4.39. The lowest BCUT2D eigenvalue weighted by molar-refractivity contribution is 0.806. The van der Waals surface area contributed by atoms with E-state index in [4.69, 9.17) is 0 Å². The Hall–Kier alpha value is -1.22. The van der Waals surface area contributed by atoms with Gasteiger partial charge in [-0.3, -0.25) is 4.98 Å². The minimum Gasteiger partial charge on any atom is -0.383 e. The van der Waals surface area contributed by atoms with Gasteiger partial charge in [0.05, 0.1) is 5.52 Å². The van der Waals surface area contributed by atoms with Gasteiger partial charge in [-0.05, 0) is 30.7 Å². The van der Waals surface area contributed by atoms with Gasteiger partial charge < -0.3 is 5.32 Å². The molecule has 1 aliphatic rings. The molecule has 0 spiro atoms. The fourth-order valence-electron chi connectivity index (χ4n) is 2.28. The molecule has 0 radical (unpaired) electrons. The van der Waals surface area contributed by atoms with Crippen LogP contribution in [0.3, 0.4) is 0 Å². The molecule has 2 nitrogen and oxygen atoms in total. The Morgan fingerprint density at radius 2 is 2.24 bits per heavy atom. The molecule has 1 aromatic heterocycles. The van der Waals surface area contributed by atoms with Crippen molar-refractivity contribution >= 4 is 28.4 Å². The summed E-state index contributed by atoms with van der Waals surface area (Å²) < 4.78 is 0. The van der Waals surface area contributed by atoms with Crippen LogP contribution in [0.1, 0.15) is 12.8 Å². The first-order valence-corrected chi connectivity index (χ1v) is 7.17. The van der Waals surface area contributed by atoms with Gasteiger partial charge in [0.2, 0.25) is 0 Å². The third kappa shape index (κ3) is 2.39. The van der Waals surface area contributed by atoms with Gasteiger partial charge in [-0.15, -0.1) is 0 Å². The van der Waals surface area contributed by atoms with Crippen molar-refractivity contribution < 1.29 is 0 Å². The monoisotopic (exact) mass is 244 g/mol. The Labute approximate surface area is 106 Å². The van der Waals surface area contributed by atoms with E-state index in [-0.39, 0.29) is 0 Å². The van der Waals surface area contributed by atoms with Crippen molar-refractivity contribution in [3.8, 4) is 0 Å². The van der Waals surface area contributed by atoms with Crippen LogP contribution in [-0.4, -0.2) is 22.5 Å². The minimum atomic E-state index is 0.780. The highest BCUT2D eigenvalue weighted by molar-refractivity contribution is 8.00. The van der Waals surface area contributed by atoms with E-state index in [1.165, 1.54) is 29.7 Å². The molecule has 1 aromatic carbocycles. The molecular weight excluding hydrogens is 228 g/mol. The normalized spacial score (nSPS) is 19.6. The summed E-state index contributed by atoms with van der Waals surface area (Å²) in [5.41, 5.74) is 2.28. The standard InChI is InChI=1S/C14H16N2S/c1-2-6-13-12(5-1)14(7-8-15-13)16-10-11-4-3-9-17-11/h1-2,5-8,11H,3-4,9-10H2,(H,15,16). The van der Waals surface area contributed by atoms with Gasteiger partial charge in [0, 0.05) is 29.1 Å². The summed E-state index contributed by atoms with van der Waals surface area (Å²) in [6.45, 7) is 1.07. The number of fused-ring (bicyclic) bond motifs is 1. The highest BCUT2D eigenvalue weighted by Crippen LogP contribution is 2.27. The number of nitrogens with one attached hydrogen (secondary N) is 1. The largest absolute Gasteiger partial charge is 0.383 e. The number of nitrogens with zero attached hydrogens (tertiary/aromatic N) is 1. The topological polar surface area (TPSA) is 24.9 Å². The average molecular weight is 244 g/mol. The van der Waals surface area contributed by atoms with Crippen molar-refractivity contribution in [2.75, 3.05) is 17.6 Å². The second kappa shape index (κ2) is 4.96. The first-order chi connectivity index (χ1) is 8.43. The number of rotatable bonds is 3. The molecule has 2 heterocycles. The molecule has 0 saturated carbocycles. The molecule has 1 atom stereocenters. The summed E-state index contributed by atoms with van der Waals surface area (Å²) in [4.78, 5) is 4.38. The quantitative estimate of drug-likeness (QED) is 0.894. The zero-order valence-electron chi connectivity index (χ0n) is 9.73.